The molecule has 0 radical (unpaired) electrons. The van der Waals surface area contributed by atoms with E-state index in [-0.39, 0.29) is 6.04 Å². The number of aromatic nitrogens is 2. The summed E-state index contributed by atoms with van der Waals surface area (Å²) in [6.07, 6.45) is 4.67. The normalized spacial score (nSPS) is 13.4. The maximum atomic E-state index is 5.74. The highest BCUT2D eigenvalue weighted by molar-refractivity contribution is 5.79. The molecule has 2 aromatic heterocycles. The van der Waals surface area contributed by atoms with Crippen LogP contribution in [0.25, 0.3) is 11.0 Å². The van der Waals surface area contributed by atoms with Gasteiger partial charge in [-0.2, -0.15) is 0 Å². The Morgan fingerprint density at radius 2 is 2.46 bits per heavy atom. The molecule has 0 spiro atoms. The van der Waals surface area contributed by atoms with Crippen molar-refractivity contribution >= 4 is 11.0 Å². The van der Waals surface area contributed by atoms with Gasteiger partial charge >= 0.3 is 0 Å². The molecule has 2 aromatic rings. The van der Waals surface area contributed by atoms with Gasteiger partial charge in [-0.05, 0) is 31.0 Å². The minimum Gasteiger partial charge on any atom is -0.346 e. The van der Waals surface area contributed by atoms with Crippen molar-refractivity contribution in [2.24, 2.45) is 5.73 Å². The molecule has 0 aliphatic rings. The number of fused-ring (bicyclic) bond motifs is 1. The molecule has 0 amide bonds. The molecule has 0 saturated heterocycles. The lowest BCUT2D eigenvalue weighted by molar-refractivity contribution is 0.741. The van der Waals surface area contributed by atoms with Crippen LogP contribution < -0.4 is 5.73 Å². The van der Waals surface area contributed by atoms with E-state index in [9.17, 15) is 0 Å². The SMILES string of the molecule is C[C@H](N)Cc1c[nH]c2ncccc12. The Balaban J connectivity index is 2.46. The largest absolute Gasteiger partial charge is 0.346 e. The van der Waals surface area contributed by atoms with E-state index in [4.69, 9.17) is 5.73 Å². The van der Waals surface area contributed by atoms with E-state index in [2.05, 4.69) is 16.0 Å². The molecule has 0 bridgehead atoms. The van der Waals surface area contributed by atoms with Crippen LogP contribution in [-0.2, 0) is 6.42 Å². The minimum absolute atomic E-state index is 0.194. The molecule has 13 heavy (non-hydrogen) atoms. The third kappa shape index (κ3) is 1.55. The van der Waals surface area contributed by atoms with Gasteiger partial charge in [-0.1, -0.05) is 0 Å². The lowest BCUT2D eigenvalue weighted by Crippen LogP contribution is -2.17. The number of pyridine rings is 1. The number of H-pyrrole nitrogens is 1. The summed E-state index contributed by atoms with van der Waals surface area (Å²) in [5, 5.41) is 1.18. The maximum absolute atomic E-state index is 5.74. The van der Waals surface area contributed by atoms with Gasteiger partial charge in [0, 0.05) is 23.8 Å². The zero-order valence-corrected chi connectivity index (χ0v) is 7.62. The molecule has 0 saturated carbocycles. The zero-order chi connectivity index (χ0) is 9.26. The van der Waals surface area contributed by atoms with E-state index in [0.717, 1.165) is 12.1 Å². The van der Waals surface area contributed by atoms with Gasteiger partial charge in [0.25, 0.3) is 0 Å². The number of nitrogens with zero attached hydrogens (tertiary/aromatic N) is 1. The Morgan fingerprint density at radius 1 is 1.62 bits per heavy atom. The van der Waals surface area contributed by atoms with Crippen molar-refractivity contribution < 1.29 is 0 Å². The lowest BCUT2D eigenvalue weighted by Gasteiger charge is -2.01. The molecule has 0 aliphatic heterocycles. The van der Waals surface area contributed by atoms with Crippen LogP contribution in [0.5, 0.6) is 0 Å². The second kappa shape index (κ2) is 3.18. The number of nitrogens with two attached hydrogens (primary N) is 1. The first-order valence-corrected chi connectivity index (χ1v) is 4.44. The third-order valence-corrected chi connectivity index (χ3v) is 2.08. The van der Waals surface area contributed by atoms with Crippen LogP contribution in [0.15, 0.2) is 24.5 Å². The highest BCUT2D eigenvalue weighted by atomic mass is 14.8. The molecule has 3 heteroatoms. The number of hydrogen-bond donors (Lipinski definition) is 2. The van der Waals surface area contributed by atoms with Crippen molar-refractivity contribution in [3.05, 3.63) is 30.1 Å². The molecule has 0 aromatic carbocycles. The molecular formula is C10H13N3. The Bertz CT molecular complexity index is 403. The van der Waals surface area contributed by atoms with Crippen LogP contribution in [0.1, 0.15) is 12.5 Å². The highest BCUT2D eigenvalue weighted by Gasteiger charge is 2.04. The predicted molar refractivity (Wildman–Crippen MR) is 53.4 cm³/mol. The van der Waals surface area contributed by atoms with Crippen LogP contribution >= 0.6 is 0 Å². The molecule has 3 nitrogen and oxygen atoms in total. The summed E-state index contributed by atoms with van der Waals surface area (Å²) >= 11 is 0. The van der Waals surface area contributed by atoms with Crippen molar-refractivity contribution in [3.63, 3.8) is 0 Å². The van der Waals surface area contributed by atoms with E-state index in [1.54, 1.807) is 6.20 Å². The Kier molecular flexibility index (Phi) is 2.02. The van der Waals surface area contributed by atoms with Crippen molar-refractivity contribution in [3.8, 4) is 0 Å². The van der Waals surface area contributed by atoms with Gasteiger partial charge < -0.3 is 10.7 Å². The first kappa shape index (κ1) is 8.26. The second-order valence-electron chi connectivity index (χ2n) is 3.39. The number of rotatable bonds is 2. The molecule has 1 atom stereocenters. The predicted octanol–water partition coefficient (Wildman–Crippen LogP) is 1.45. The van der Waals surface area contributed by atoms with Crippen LogP contribution in [0.3, 0.4) is 0 Å². The Hall–Kier alpha value is -1.35. The fraction of sp³-hybridized carbons (Fsp3) is 0.300. The van der Waals surface area contributed by atoms with E-state index < -0.39 is 0 Å². The van der Waals surface area contributed by atoms with Crippen LogP contribution in [0.4, 0.5) is 0 Å². The standard InChI is InChI=1S/C10H13N3/c1-7(11)5-8-6-13-10-9(8)3-2-4-12-10/h2-4,6-7H,5,11H2,1H3,(H,12,13)/t7-/m0/s1. The number of nitrogens with one attached hydrogen (secondary N) is 1. The molecule has 0 aliphatic carbocycles. The average molecular weight is 175 g/mol. The maximum Gasteiger partial charge on any atom is 0.137 e. The summed E-state index contributed by atoms with van der Waals surface area (Å²) < 4.78 is 0. The smallest absolute Gasteiger partial charge is 0.137 e. The van der Waals surface area contributed by atoms with Crippen molar-refractivity contribution in [2.45, 2.75) is 19.4 Å². The summed E-state index contributed by atoms with van der Waals surface area (Å²) in [5.41, 5.74) is 7.93. The number of hydrogen-bond acceptors (Lipinski definition) is 2. The summed E-state index contributed by atoms with van der Waals surface area (Å²) in [5.74, 6) is 0. The zero-order valence-electron chi connectivity index (χ0n) is 7.62. The third-order valence-electron chi connectivity index (χ3n) is 2.08. The Labute approximate surface area is 77.0 Å². The van der Waals surface area contributed by atoms with Gasteiger partial charge in [-0.3, -0.25) is 0 Å². The molecule has 0 unspecified atom stereocenters. The van der Waals surface area contributed by atoms with Gasteiger partial charge in [0.15, 0.2) is 0 Å². The first-order valence-electron chi connectivity index (χ1n) is 4.44. The van der Waals surface area contributed by atoms with Gasteiger partial charge in [0.2, 0.25) is 0 Å². The van der Waals surface area contributed by atoms with Crippen molar-refractivity contribution in [2.75, 3.05) is 0 Å². The summed E-state index contributed by atoms with van der Waals surface area (Å²) in [7, 11) is 0. The topological polar surface area (TPSA) is 54.7 Å². The fourth-order valence-corrected chi connectivity index (χ4v) is 1.53. The van der Waals surface area contributed by atoms with Gasteiger partial charge in [0.1, 0.15) is 5.65 Å². The average Bonchev–Trinajstić information content (AvgIpc) is 2.48. The molecule has 2 heterocycles. The van der Waals surface area contributed by atoms with E-state index in [0.29, 0.717) is 0 Å². The summed E-state index contributed by atoms with van der Waals surface area (Å²) in [6, 6.07) is 4.21. The van der Waals surface area contributed by atoms with Gasteiger partial charge in [-0.25, -0.2) is 4.98 Å². The second-order valence-corrected chi connectivity index (χ2v) is 3.39. The molecular weight excluding hydrogens is 162 g/mol. The van der Waals surface area contributed by atoms with Crippen LogP contribution in [0.2, 0.25) is 0 Å². The summed E-state index contributed by atoms with van der Waals surface area (Å²) in [6.45, 7) is 2.01. The van der Waals surface area contributed by atoms with Gasteiger partial charge in [0.05, 0.1) is 0 Å². The van der Waals surface area contributed by atoms with Gasteiger partial charge in [-0.15, -0.1) is 0 Å². The highest BCUT2D eigenvalue weighted by Crippen LogP contribution is 2.16. The van der Waals surface area contributed by atoms with Crippen LogP contribution in [0, 0.1) is 0 Å². The van der Waals surface area contributed by atoms with Crippen LogP contribution in [-0.4, -0.2) is 16.0 Å². The number of aromatic amines is 1. The lowest BCUT2D eigenvalue weighted by atomic mass is 10.1. The molecule has 2 rings (SSSR count). The fourth-order valence-electron chi connectivity index (χ4n) is 1.53. The molecule has 0 fully saturated rings. The first-order chi connectivity index (χ1) is 6.27. The van der Waals surface area contributed by atoms with E-state index >= 15 is 0 Å². The molecule has 3 N–H and O–H groups in total. The minimum atomic E-state index is 0.194. The monoisotopic (exact) mass is 175 g/mol. The quantitative estimate of drug-likeness (QED) is 0.725. The van der Waals surface area contributed by atoms with E-state index in [1.165, 1.54) is 10.9 Å². The van der Waals surface area contributed by atoms with E-state index in [1.807, 2.05) is 19.2 Å². The summed E-state index contributed by atoms with van der Waals surface area (Å²) in [4.78, 5) is 7.34. The van der Waals surface area contributed by atoms with Crippen molar-refractivity contribution in [1.29, 1.82) is 0 Å². The molecule has 68 valence electrons. The van der Waals surface area contributed by atoms with Crippen molar-refractivity contribution in [1.82, 2.24) is 9.97 Å². The Morgan fingerprint density at radius 3 is 3.23 bits per heavy atom.